The van der Waals surface area contributed by atoms with Crippen molar-refractivity contribution in [2.24, 2.45) is 29.6 Å². The van der Waals surface area contributed by atoms with Crippen molar-refractivity contribution >= 4 is 46.6 Å². The van der Waals surface area contributed by atoms with Gasteiger partial charge in [-0.05, 0) is 47.9 Å². The van der Waals surface area contributed by atoms with Crippen molar-refractivity contribution in [3.8, 4) is 5.75 Å². The Bertz CT molecular complexity index is 1450. The van der Waals surface area contributed by atoms with Crippen LogP contribution in [0.25, 0.3) is 0 Å². The van der Waals surface area contributed by atoms with Gasteiger partial charge in [-0.3, -0.25) is 19.0 Å². The van der Waals surface area contributed by atoms with E-state index in [9.17, 15) is 19.5 Å². The van der Waals surface area contributed by atoms with Crippen LogP contribution in [0.4, 0.5) is 0 Å². The molecule has 1 N–H and O–H groups in total. The average molecular weight is 526 g/mol. The fourth-order valence-corrected chi connectivity index (χ4v) is 10.2. The Kier molecular flexibility index (Phi) is 4.79. The first-order valence-corrected chi connectivity index (χ1v) is 13.7. The van der Waals surface area contributed by atoms with E-state index < -0.39 is 23.8 Å². The summed E-state index contributed by atoms with van der Waals surface area (Å²) in [5.41, 5.74) is 1.74. The van der Waals surface area contributed by atoms with Gasteiger partial charge in [-0.15, -0.1) is 11.8 Å². The Labute approximate surface area is 213 Å². The predicted molar refractivity (Wildman–Crippen MR) is 132 cm³/mol. The number of thioether (sulfide) groups is 1. The highest BCUT2D eigenvalue weighted by molar-refractivity contribution is 8.00. The number of hydrogen-bond donors (Lipinski definition) is 1. The molecule has 178 valence electrons. The number of phenols is 1. The van der Waals surface area contributed by atoms with E-state index in [2.05, 4.69) is 0 Å². The molecule has 3 fully saturated rings. The molecular formula is C26H20ClNO5S2. The van der Waals surface area contributed by atoms with E-state index >= 15 is 0 Å². The molecule has 6 nitrogen and oxygen atoms in total. The minimum Gasteiger partial charge on any atom is -0.508 e. The van der Waals surface area contributed by atoms with E-state index in [4.69, 9.17) is 16.3 Å². The van der Waals surface area contributed by atoms with Crippen LogP contribution in [0.15, 0.2) is 58.4 Å². The number of hydrogen-bond acceptors (Lipinski definition) is 7. The molecule has 0 spiro atoms. The van der Waals surface area contributed by atoms with Crippen molar-refractivity contribution in [2.75, 3.05) is 0 Å². The molecular weight excluding hydrogens is 506 g/mol. The summed E-state index contributed by atoms with van der Waals surface area (Å²) in [6, 6.07) is 14.7. The lowest BCUT2D eigenvalue weighted by Crippen LogP contribution is -2.43. The lowest BCUT2D eigenvalue weighted by atomic mass is 9.68. The zero-order valence-corrected chi connectivity index (χ0v) is 20.7. The molecule has 1 aromatic heterocycles. The van der Waals surface area contributed by atoms with Crippen LogP contribution in [0.3, 0.4) is 0 Å². The van der Waals surface area contributed by atoms with Crippen LogP contribution < -0.4 is 4.87 Å². The first-order chi connectivity index (χ1) is 16.9. The molecule has 4 aliphatic rings. The van der Waals surface area contributed by atoms with Crippen molar-refractivity contribution in [2.45, 2.75) is 29.2 Å². The van der Waals surface area contributed by atoms with E-state index in [1.54, 1.807) is 28.5 Å². The number of thiazole rings is 1. The van der Waals surface area contributed by atoms with Crippen molar-refractivity contribution in [3.63, 3.8) is 0 Å². The number of aromatic hydroxyl groups is 1. The van der Waals surface area contributed by atoms with Gasteiger partial charge in [0.25, 0.3) is 0 Å². The fourth-order valence-electron chi connectivity index (χ4n) is 6.92. The van der Waals surface area contributed by atoms with Crippen molar-refractivity contribution in [1.29, 1.82) is 0 Å². The van der Waals surface area contributed by atoms with Crippen LogP contribution in [-0.4, -0.2) is 26.9 Å². The molecule has 2 aliphatic carbocycles. The number of rotatable bonds is 3. The Morgan fingerprint density at radius 1 is 1.00 bits per heavy atom. The van der Waals surface area contributed by atoms with E-state index in [-0.39, 0.29) is 39.5 Å². The molecule has 1 saturated heterocycles. The third kappa shape index (κ3) is 3.06. The van der Waals surface area contributed by atoms with Crippen LogP contribution in [0.2, 0.25) is 5.02 Å². The summed E-state index contributed by atoms with van der Waals surface area (Å²) in [4.78, 5) is 39.3. The fraction of sp³-hybridized carbons (Fsp3) is 0.346. The molecule has 7 rings (SSSR count). The number of ether oxygens (including phenoxy) is 1. The van der Waals surface area contributed by atoms with Crippen LogP contribution >= 0.6 is 34.7 Å². The number of nitrogens with zero attached hydrogens (tertiary/aromatic N) is 1. The van der Waals surface area contributed by atoms with E-state index in [1.807, 2.05) is 36.4 Å². The Hall–Kier alpha value is -2.55. The zero-order chi connectivity index (χ0) is 24.0. The monoisotopic (exact) mass is 525 g/mol. The lowest BCUT2D eigenvalue weighted by Gasteiger charge is -2.43. The van der Waals surface area contributed by atoms with E-state index in [0.29, 0.717) is 11.6 Å². The molecule has 0 radical (unpaired) electrons. The highest BCUT2D eigenvalue weighted by atomic mass is 35.5. The summed E-state index contributed by atoms with van der Waals surface area (Å²) in [7, 11) is 0. The number of carbonyl (C=O) groups is 2. The number of benzene rings is 2. The molecule has 9 heteroatoms. The van der Waals surface area contributed by atoms with Crippen molar-refractivity contribution in [1.82, 2.24) is 4.57 Å². The van der Waals surface area contributed by atoms with Gasteiger partial charge in [0.05, 0.1) is 23.4 Å². The SMILES string of the molecule is O=C1OC(=O)[C@@H]2[C@H]3C[C@H]([C@@H]12)[C@@H]1[C@H](c2ccccc2O)c2sc(=O)n(Cc4ccc(Cl)cc4)c2S[C@H]31. The number of phenolic OH excluding ortho intramolecular Hbond substituents is 1. The topological polar surface area (TPSA) is 85.6 Å². The number of aromatic nitrogens is 1. The first-order valence-electron chi connectivity index (χ1n) is 11.6. The maximum atomic E-state index is 13.3. The summed E-state index contributed by atoms with van der Waals surface area (Å²) in [5.74, 6) is -1.63. The van der Waals surface area contributed by atoms with Gasteiger partial charge in [-0.1, -0.05) is 53.3 Å². The minimum absolute atomic E-state index is 0.0128. The largest absolute Gasteiger partial charge is 0.508 e. The first kappa shape index (κ1) is 21.7. The predicted octanol–water partition coefficient (Wildman–Crippen LogP) is 4.51. The highest BCUT2D eigenvalue weighted by Gasteiger charge is 2.69. The van der Waals surface area contributed by atoms with E-state index in [0.717, 1.165) is 27.5 Å². The van der Waals surface area contributed by atoms with Crippen LogP contribution in [-0.2, 0) is 20.9 Å². The van der Waals surface area contributed by atoms with Crippen LogP contribution in [0.1, 0.15) is 28.3 Å². The second-order valence-corrected chi connectivity index (χ2v) is 12.4. The third-order valence-corrected chi connectivity index (χ3v) is 11.3. The molecule has 35 heavy (non-hydrogen) atoms. The summed E-state index contributed by atoms with van der Waals surface area (Å²) < 4.78 is 6.87. The second-order valence-electron chi connectivity index (χ2n) is 9.80. The van der Waals surface area contributed by atoms with Gasteiger partial charge in [-0.2, -0.15) is 0 Å². The quantitative estimate of drug-likeness (QED) is 0.400. The average Bonchev–Trinajstić information content (AvgIpc) is 3.56. The van der Waals surface area contributed by atoms with Gasteiger partial charge < -0.3 is 9.84 Å². The molecule has 2 saturated carbocycles. The van der Waals surface area contributed by atoms with E-state index in [1.165, 1.54) is 11.3 Å². The molecule has 0 amide bonds. The number of carbonyl (C=O) groups excluding carboxylic acids is 2. The smallest absolute Gasteiger partial charge is 0.317 e. The Morgan fingerprint density at radius 2 is 1.71 bits per heavy atom. The normalized spacial score (nSPS) is 32.3. The number of para-hydroxylation sites is 1. The molecule has 0 unspecified atom stereocenters. The summed E-state index contributed by atoms with van der Waals surface area (Å²) in [5, 5.41) is 12.4. The van der Waals surface area contributed by atoms with Crippen molar-refractivity contribution < 1.29 is 19.4 Å². The lowest BCUT2D eigenvalue weighted by molar-refractivity contribution is -0.154. The molecule has 2 aliphatic heterocycles. The number of halogens is 1. The maximum absolute atomic E-state index is 13.3. The molecule has 7 atom stereocenters. The third-order valence-electron chi connectivity index (χ3n) is 8.21. The van der Waals surface area contributed by atoms with Gasteiger partial charge in [0.2, 0.25) is 0 Å². The maximum Gasteiger partial charge on any atom is 0.317 e. The minimum atomic E-state index is -0.419. The summed E-state index contributed by atoms with van der Waals surface area (Å²) in [6.07, 6.45) is 0.791. The highest BCUT2D eigenvalue weighted by Crippen LogP contribution is 2.68. The van der Waals surface area contributed by atoms with Crippen molar-refractivity contribution in [3.05, 3.63) is 79.2 Å². The molecule has 3 aromatic rings. The molecule has 2 bridgehead atoms. The van der Waals surface area contributed by atoms with Gasteiger partial charge in [0.15, 0.2) is 0 Å². The summed E-state index contributed by atoms with van der Waals surface area (Å²) in [6.45, 7) is 0.417. The standard InChI is InChI=1S/C26H20ClNO5S2/c27-12-7-5-11(6-8-12)10-28-23-22(35-26(28)32)17(13-3-1-2-4-16(13)29)18-14-9-15(21(18)34-23)20-19(14)24(30)33-25(20)31/h1-8,14-15,17-21,29H,9-10H2/t14-,15+,17-,18+,19+,20+,21+/m0/s1. The Balaban J connectivity index is 1.38. The molecule has 2 aromatic carbocycles. The second kappa shape index (κ2) is 7.72. The van der Waals surface area contributed by atoms with Gasteiger partial charge in [0, 0.05) is 26.6 Å². The van der Waals surface area contributed by atoms with Gasteiger partial charge >= 0.3 is 16.8 Å². The molecule has 3 heterocycles. The summed E-state index contributed by atoms with van der Waals surface area (Å²) >= 11 is 8.93. The Morgan fingerprint density at radius 3 is 2.46 bits per heavy atom. The number of esters is 2. The van der Waals surface area contributed by atoms with Crippen LogP contribution in [0, 0.1) is 29.6 Å². The van der Waals surface area contributed by atoms with Gasteiger partial charge in [0.1, 0.15) is 5.75 Å². The number of fused-ring (bicyclic) bond motifs is 9. The number of cyclic esters (lactones) is 2. The van der Waals surface area contributed by atoms with Gasteiger partial charge in [-0.25, -0.2) is 0 Å². The van der Waals surface area contributed by atoms with Crippen LogP contribution in [0.5, 0.6) is 5.75 Å². The zero-order valence-electron chi connectivity index (χ0n) is 18.3.